The molecule has 1 amide bonds. The van der Waals surface area contributed by atoms with Gasteiger partial charge in [-0.05, 0) is 68.8 Å². The van der Waals surface area contributed by atoms with Crippen LogP contribution in [0.1, 0.15) is 55.6 Å². The van der Waals surface area contributed by atoms with E-state index in [9.17, 15) is 9.90 Å². The van der Waals surface area contributed by atoms with Crippen LogP contribution in [0.3, 0.4) is 0 Å². The number of hydrogen-bond donors (Lipinski definition) is 3. The van der Waals surface area contributed by atoms with Crippen molar-refractivity contribution in [2.24, 2.45) is 23.7 Å². The SMILES string of the molecule is N#CC1CCN(C(=O)c2noc(-c3cnc4[nH]ccc4c3N[C@H]3C4CC5CC3C[C@@](O)(C5)C4)n2)CC1. The first-order valence-corrected chi connectivity index (χ1v) is 13.0. The average molecular weight is 488 g/mol. The van der Waals surface area contributed by atoms with Crippen LogP contribution in [-0.4, -0.2) is 60.8 Å². The van der Waals surface area contributed by atoms with E-state index in [1.54, 1.807) is 11.1 Å². The largest absolute Gasteiger partial charge is 0.390 e. The van der Waals surface area contributed by atoms with Crippen LogP contribution in [0.4, 0.5) is 5.69 Å². The van der Waals surface area contributed by atoms with Crippen LogP contribution in [-0.2, 0) is 0 Å². The van der Waals surface area contributed by atoms with Crippen LogP contribution in [0, 0.1) is 35.0 Å². The van der Waals surface area contributed by atoms with Gasteiger partial charge in [-0.15, -0.1) is 0 Å². The van der Waals surface area contributed by atoms with Gasteiger partial charge < -0.3 is 24.8 Å². The molecule has 5 fully saturated rings. The van der Waals surface area contributed by atoms with E-state index >= 15 is 0 Å². The van der Waals surface area contributed by atoms with Crippen LogP contribution >= 0.6 is 0 Å². The first-order valence-electron chi connectivity index (χ1n) is 13.0. The van der Waals surface area contributed by atoms with Crippen molar-refractivity contribution in [3.05, 3.63) is 24.3 Å². The topological polar surface area (TPSA) is 144 Å². The number of hydrogen-bond acceptors (Lipinski definition) is 8. The number of amides is 1. The van der Waals surface area contributed by atoms with Gasteiger partial charge in [0, 0.05) is 42.8 Å². The zero-order valence-corrected chi connectivity index (χ0v) is 20.0. The molecule has 36 heavy (non-hydrogen) atoms. The second kappa shape index (κ2) is 8.03. The number of anilines is 1. The van der Waals surface area contributed by atoms with Crippen molar-refractivity contribution in [3.63, 3.8) is 0 Å². The van der Waals surface area contributed by atoms with Gasteiger partial charge in [-0.3, -0.25) is 4.79 Å². The highest BCUT2D eigenvalue weighted by Crippen LogP contribution is 2.56. The third-order valence-electron chi connectivity index (χ3n) is 8.95. The zero-order valence-electron chi connectivity index (χ0n) is 20.0. The van der Waals surface area contributed by atoms with E-state index in [4.69, 9.17) is 9.78 Å². The van der Waals surface area contributed by atoms with Gasteiger partial charge in [0.2, 0.25) is 0 Å². The molecule has 1 aliphatic heterocycles. The molecule has 0 spiro atoms. The maximum absolute atomic E-state index is 13.0. The van der Waals surface area contributed by atoms with E-state index in [2.05, 4.69) is 31.5 Å². The fourth-order valence-electron chi connectivity index (χ4n) is 7.48. The van der Waals surface area contributed by atoms with Gasteiger partial charge in [0.1, 0.15) is 5.65 Å². The predicted molar refractivity (Wildman–Crippen MR) is 130 cm³/mol. The van der Waals surface area contributed by atoms with Crippen molar-refractivity contribution >= 4 is 22.6 Å². The number of carbonyl (C=O) groups excluding carboxylic acids is 1. The molecule has 4 bridgehead atoms. The van der Waals surface area contributed by atoms with Crippen molar-refractivity contribution in [1.82, 2.24) is 25.0 Å². The van der Waals surface area contributed by atoms with Crippen LogP contribution in [0.15, 0.2) is 23.0 Å². The van der Waals surface area contributed by atoms with Crippen LogP contribution in [0.2, 0.25) is 0 Å². The molecule has 0 radical (unpaired) electrons. The highest BCUT2D eigenvalue weighted by Gasteiger charge is 2.54. The number of nitrogens with one attached hydrogen (secondary N) is 2. The second-order valence-corrected chi connectivity index (χ2v) is 11.3. The van der Waals surface area contributed by atoms with Crippen molar-refractivity contribution in [3.8, 4) is 17.5 Å². The van der Waals surface area contributed by atoms with Gasteiger partial charge in [0.05, 0.1) is 22.9 Å². The summed E-state index contributed by atoms with van der Waals surface area (Å²) < 4.78 is 5.60. The van der Waals surface area contributed by atoms with Crippen LogP contribution in [0.5, 0.6) is 0 Å². The lowest BCUT2D eigenvalue weighted by Gasteiger charge is -2.58. The Bertz CT molecular complexity index is 1350. The summed E-state index contributed by atoms with van der Waals surface area (Å²) in [6, 6.07) is 4.53. The van der Waals surface area contributed by atoms with Crippen molar-refractivity contribution in [2.75, 3.05) is 18.4 Å². The Balaban J connectivity index is 1.19. The van der Waals surface area contributed by atoms with Crippen molar-refractivity contribution in [1.29, 1.82) is 5.26 Å². The van der Waals surface area contributed by atoms with E-state index in [1.807, 2.05) is 12.3 Å². The lowest BCUT2D eigenvalue weighted by molar-refractivity contribution is -0.129. The zero-order chi connectivity index (χ0) is 24.4. The molecule has 3 aromatic rings. The smallest absolute Gasteiger partial charge is 0.295 e. The predicted octanol–water partition coefficient (Wildman–Crippen LogP) is 3.34. The molecule has 5 aliphatic rings. The highest BCUT2D eigenvalue weighted by molar-refractivity contribution is 5.97. The molecule has 4 aliphatic carbocycles. The summed E-state index contributed by atoms with van der Waals surface area (Å²) in [5.74, 6) is 1.47. The number of pyridine rings is 1. The van der Waals surface area contributed by atoms with E-state index in [0.717, 1.165) is 48.8 Å². The lowest BCUT2D eigenvalue weighted by Crippen LogP contribution is -2.59. The molecule has 2 unspecified atom stereocenters. The number of carbonyl (C=O) groups is 1. The fourth-order valence-corrected chi connectivity index (χ4v) is 7.48. The molecule has 3 N–H and O–H groups in total. The first kappa shape index (κ1) is 21.8. The Morgan fingerprint density at radius 1 is 1.25 bits per heavy atom. The molecule has 3 aromatic heterocycles. The van der Waals surface area contributed by atoms with Gasteiger partial charge in [-0.1, -0.05) is 5.16 Å². The van der Waals surface area contributed by atoms with Crippen molar-refractivity contribution in [2.45, 2.75) is 56.6 Å². The van der Waals surface area contributed by atoms with E-state index in [0.29, 0.717) is 49.2 Å². The standard InChI is InChI=1S/C26H29N7O3/c27-12-14-2-5-33(6-3-14)25(34)23-31-24(36-32-23)19-13-29-22-18(1-4-28-22)21(19)30-20-16-7-15-8-17(20)11-26(35,9-15)10-16/h1,4,13-17,20,35H,2-3,5-11H2,(H2,28,29,30)/t15?,16?,17?,20-,26+. The normalized spacial score (nSPS) is 31.6. The van der Waals surface area contributed by atoms with Gasteiger partial charge in [-0.2, -0.15) is 10.2 Å². The summed E-state index contributed by atoms with van der Waals surface area (Å²) in [5, 5.41) is 28.9. The second-order valence-electron chi connectivity index (χ2n) is 11.3. The van der Waals surface area contributed by atoms with E-state index in [-0.39, 0.29) is 29.6 Å². The minimum absolute atomic E-state index is 0.00597. The number of aromatic amines is 1. The molecule has 10 nitrogen and oxygen atoms in total. The minimum atomic E-state index is -0.497. The Labute approximate surface area is 208 Å². The third-order valence-corrected chi connectivity index (χ3v) is 8.95. The van der Waals surface area contributed by atoms with Crippen LogP contribution < -0.4 is 5.32 Å². The van der Waals surface area contributed by atoms with E-state index in [1.165, 1.54) is 0 Å². The summed E-state index contributed by atoms with van der Waals surface area (Å²) >= 11 is 0. The fraction of sp³-hybridized carbons (Fsp3) is 0.577. The summed E-state index contributed by atoms with van der Waals surface area (Å²) in [6.07, 6.45) is 9.83. The number of nitrogens with zero attached hydrogens (tertiary/aromatic N) is 5. The van der Waals surface area contributed by atoms with Gasteiger partial charge >= 0.3 is 0 Å². The maximum Gasteiger partial charge on any atom is 0.295 e. The van der Waals surface area contributed by atoms with Crippen molar-refractivity contribution < 1.29 is 14.4 Å². The first-order chi connectivity index (χ1) is 17.5. The third kappa shape index (κ3) is 3.48. The molecule has 186 valence electrons. The van der Waals surface area contributed by atoms with E-state index < -0.39 is 5.60 Å². The van der Waals surface area contributed by atoms with Crippen LogP contribution in [0.25, 0.3) is 22.5 Å². The number of fused-ring (bicyclic) bond motifs is 1. The Hall–Kier alpha value is -3.45. The summed E-state index contributed by atoms with van der Waals surface area (Å²) in [5.41, 5.74) is 1.82. The number of aromatic nitrogens is 4. The summed E-state index contributed by atoms with van der Waals surface area (Å²) in [7, 11) is 0. The molecule has 1 saturated heterocycles. The quantitative estimate of drug-likeness (QED) is 0.508. The Morgan fingerprint density at radius 3 is 2.75 bits per heavy atom. The van der Waals surface area contributed by atoms with Gasteiger partial charge in [0.25, 0.3) is 17.6 Å². The van der Waals surface area contributed by atoms with Gasteiger partial charge in [-0.25, -0.2) is 4.98 Å². The highest BCUT2D eigenvalue weighted by atomic mass is 16.5. The number of aliphatic hydroxyl groups is 1. The molecule has 0 aromatic carbocycles. The molecular formula is C26H29N7O3. The summed E-state index contributed by atoms with van der Waals surface area (Å²) in [6.45, 7) is 1.03. The Morgan fingerprint density at radius 2 is 2.03 bits per heavy atom. The minimum Gasteiger partial charge on any atom is -0.390 e. The summed E-state index contributed by atoms with van der Waals surface area (Å²) in [4.78, 5) is 26.9. The molecule has 4 heterocycles. The monoisotopic (exact) mass is 487 g/mol. The Kier molecular flexibility index (Phi) is 4.86. The number of likely N-dealkylation sites (tertiary alicyclic amines) is 1. The number of piperidine rings is 1. The molecule has 4 saturated carbocycles. The molecular weight excluding hydrogens is 458 g/mol. The number of rotatable bonds is 4. The molecule has 10 heteroatoms. The molecule has 8 rings (SSSR count). The maximum atomic E-state index is 13.0. The number of H-pyrrole nitrogens is 1. The molecule has 2 atom stereocenters. The lowest BCUT2D eigenvalue weighted by atomic mass is 9.52. The average Bonchev–Trinajstić information content (AvgIpc) is 3.55. The van der Waals surface area contributed by atoms with Gasteiger partial charge in [0.15, 0.2) is 0 Å². The number of nitriles is 1.